The van der Waals surface area contributed by atoms with Crippen LogP contribution in [0, 0.1) is 0 Å². The van der Waals surface area contributed by atoms with Crippen molar-refractivity contribution in [3.8, 4) is 0 Å². The van der Waals surface area contributed by atoms with Gasteiger partial charge in [0, 0.05) is 6.54 Å². The van der Waals surface area contributed by atoms with Gasteiger partial charge in [0.05, 0.1) is 10.6 Å². The van der Waals surface area contributed by atoms with Crippen molar-refractivity contribution >= 4 is 17.5 Å². The number of carbonyl (C=O) groups is 1. The molecule has 0 saturated carbocycles. The van der Waals surface area contributed by atoms with Gasteiger partial charge in [-0.1, -0.05) is 54.9 Å². The lowest BCUT2D eigenvalue weighted by Gasteiger charge is -2.07. The van der Waals surface area contributed by atoms with E-state index in [1.54, 1.807) is 18.2 Å². The maximum atomic E-state index is 12.0. The third-order valence-electron chi connectivity index (χ3n) is 3.00. The van der Waals surface area contributed by atoms with Gasteiger partial charge < -0.3 is 5.32 Å². The second kappa shape index (κ2) is 6.39. The van der Waals surface area contributed by atoms with Gasteiger partial charge in [-0.25, -0.2) is 0 Å². The first kappa shape index (κ1) is 13.6. The number of benzene rings is 2. The fraction of sp³-hybridized carbons (Fsp3) is 0.188. The first-order valence-electron chi connectivity index (χ1n) is 6.31. The molecule has 2 rings (SSSR count). The second-order valence-electron chi connectivity index (χ2n) is 4.33. The maximum Gasteiger partial charge on any atom is 0.253 e. The topological polar surface area (TPSA) is 29.1 Å². The van der Waals surface area contributed by atoms with Gasteiger partial charge in [0.25, 0.3) is 5.91 Å². The Morgan fingerprint density at radius 3 is 2.32 bits per heavy atom. The maximum absolute atomic E-state index is 12.0. The summed E-state index contributed by atoms with van der Waals surface area (Å²) in [6, 6.07) is 15.3. The lowest BCUT2D eigenvalue weighted by Crippen LogP contribution is -2.23. The van der Waals surface area contributed by atoms with Crippen molar-refractivity contribution < 1.29 is 4.79 Å². The normalized spacial score (nSPS) is 10.2. The zero-order chi connectivity index (χ0) is 13.7. The van der Waals surface area contributed by atoms with Crippen molar-refractivity contribution in [1.29, 1.82) is 0 Å². The number of hydrogen-bond acceptors (Lipinski definition) is 1. The molecule has 0 aliphatic heterocycles. The van der Waals surface area contributed by atoms with Crippen LogP contribution in [0.3, 0.4) is 0 Å². The molecule has 98 valence electrons. The van der Waals surface area contributed by atoms with E-state index in [4.69, 9.17) is 11.6 Å². The van der Waals surface area contributed by atoms with E-state index in [-0.39, 0.29) is 5.91 Å². The van der Waals surface area contributed by atoms with Gasteiger partial charge in [-0.2, -0.15) is 0 Å². The van der Waals surface area contributed by atoms with Crippen LogP contribution in [-0.4, -0.2) is 5.91 Å². The predicted molar refractivity (Wildman–Crippen MR) is 78.4 cm³/mol. The third kappa shape index (κ3) is 3.58. The highest BCUT2D eigenvalue weighted by atomic mass is 35.5. The highest BCUT2D eigenvalue weighted by molar-refractivity contribution is 6.33. The molecule has 0 aliphatic rings. The Bertz CT molecular complexity index is 563. The van der Waals surface area contributed by atoms with Crippen LogP contribution >= 0.6 is 11.6 Å². The van der Waals surface area contributed by atoms with Crippen molar-refractivity contribution in [2.45, 2.75) is 19.9 Å². The van der Waals surface area contributed by atoms with Crippen LogP contribution in [0.15, 0.2) is 48.5 Å². The van der Waals surface area contributed by atoms with Crippen molar-refractivity contribution in [2.75, 3.05) is 0 Å². The van der Waals surface area contributed by atoms with Crippen molar-refractivity contribution in [3.05, 3.63) is 70.2 Å². The highest BCUT2D eigenvalue weighted by Crippen LogP contribution is 2.14. The average Bonchev–Trinajstić information content (AvgIpc) is 2.46. The van der Waals surface area contributed by atoms with E-state index < -0.39 is 0 Å². The number of amides is 1. The van der Waals surface area contributed by atoms with Crippen LogP contribution in [0.4, 0.5) is 0 Å². The zero-order valence-corrected chi connectivity index (χ0v) is 11.6. The Labute approximate surface area is 118 Å². The van der Waals surface area contributed by atoms with E-state index in [0.29, 0.717) is 17.1 Å². The Balaban J connectivity index is 1.98. The molecular formula is C16H16ClNO. The van der Waals surface area contributed by atoms with Crippen molar-refractivity contribution in [3.63, 3.8) is 0 Å². The minimum absolute atomic E-state index is 0.148. The van der Waals surface area contributed by atoms with Gasteiger partial charge in [0.15, 0.2) is 0 Å². The molecule has 0 saturated heterocycles. The van der Waals surface area contributed by atoms with Crippen molar-refractivity contribution in [2.24, 2.45) is 0 Å². The Hall–Kier alpha value is -1.80. The summed E-state index contributed by atoms with van der Waals surface area (Å²) in [5.41, 5.74) is 2.88. The summed E-state index contributed by atoms with van der Waals surface area (Å²) in [4.78, 5) is 12.0. The van der Waals surface area contributed by atoms with Crippen molar-refractivity contribution in [1.82, 2.24) is 5.32 Å². The number of rotatable bonds is 4. The molecule has 2 aromatic carbocycles. The van der Waals surface area contributed by atoms with Gasteiger partial charge in [-0.05, 0) is 29.7 Å². The zero-order valence-electron chi connectivity index (χ0n) is 10.8. The molecule has 0 aromatic heterocycles. The predicted octanol–water partition coefficient (Wildman–Crippen LogP) is 3.83. The quantitative estimate of drug-likeness (QED) is 0.901. The molecule has 0 atom stereocenters. The van der Waals surface area contributed by atoms with E-state index in [1.807, 2.05) is 18.2 Å². The smallest absolute Gasteiger partial charge is 0.253 e. The molecule has 2 nitrogen and oxygen atoms in total. The average molecular weight is 274 g/mol. The largest absolute Gasteiger partial charge is 0.348 e. The number of nitrogens with one attached hydrogen (secondary N) is 1. The van der Waals surface area contributed by atoms with E-state index >= 15 is 0 Å². The van der Waals surface area contributed by atoms with Gasteiger partial charge in [-0.3, -0.25) is 4.79 Å². The number of carbonyl (C=O) groups excluding carboxylic acids is 1. The number of halogens is 1. The summed E-state index contributed by atoms with van der Waals surface area (Å²) in [5, 5.41) is 3.34. The number of hydrogen-bond donors (Lipinski definition) is 1. The Morgan fingerprint density at radius 2 is 1.68 bits per heavy atom. The molecular weight excluding hydrogens is 258 g/mol. The molecule has 0 bridgehead atoms. The minimum Gasteiger partial charge on any atom is -0.348 e. The minimum atomic E-state index is -0.148. The number of aryl methyl sites for hydroxylation is 1. The third-order valence-corrected chi connectivity index (χ3v) is 3.33. The molecule has 0 fully saturated rings. The van der Waals surface area contributed by atoms with Crippen LogP contribution in [0.25, 0.3) is 0 Å². The van der Waals surface area contributed by atoms with Crippen LogP contribution in [-0.2, 0) is 13.0 Å². The fourth-order valence-corrected chi connectivity index (χ4v) is 2.04. The lowest BCUT2D eigenvalue weighted by molar-refractivity contribution is 0.0951. The first-order valence-corrected chi connectivity index (χ1v) is 6.69. The van der Waals surface area contributed by atoms with Crippen LogP contribution in [0.5, 0.6) is 0 Å². The van der Waals surface area contributed by atoms with Gasteiger partial charge in [0.1, 0.15) is 0 Å². The lowest BCUT2D eigenvalue weighted by atomic mass is 10.1. The molecule has 2 aromatic rings. The van der Waals surface area contributed by atoms with E-state index in [2.05, 4.69) is 24.4 Å². The molecule has 1 N–H and O–H groups in total. The molecule has 0 aliphatic carbocycles. The monoisotopic (exact) mass is 273 g/mol. The second-order valence-corrected chi connectivity index (χ2v) is 4.74. The van der Waals surface area contributed by atoms with Crippen LogP contribution < -0.4 is 5.32 Å². The van der Waals surface area contributed by atoms with E-state index in [0.717, 1.165) is 12.0 Å². The summed E-state index contributed by atoms with van der Waals surface area (Å²) in [6.07, 6.45) is 1.02. The molecule has 3 heteroatoms. The highest BCUT2D eigenvalue weighted by Gasteiger charge is 2.08. The summed E-state index contributed by atoms with van der Waals surface area (Å²) in [5.74, 6) is -0.148. The van der Waals surface area contributed by atoms with Gasteiger partial charge in [-0.15, -0.1) is 0 Å². The van der Waals surface area contributed by atoms with Crippen LogP contribution in [0.1, 0.15) is 28.4 Å². The summed E-state index contributed by atoms with van der Waals surface area (Å²) in [6.45, 7) is 2.63. The standard InChI is InChI=1S/C16H16ClNO/c1-2-12-7-9-13(10-8-12)11-18-16(19)14-5-3-4-6-15(14)17/h3-10H,2,11H2,1H3,(H,18,19). The van der Waals surface area contributed by atoms with Gasteiger partial charge >= 0.3 is 0 Å². The SMILES string of the molecule is CCc1ccc(CNC(=O)c2ccccc2Cl)cc1. The van der Waals surface area contributed by atoms with Crippen LogP contribution in [0.2, 0.25) is 5.02 Å². The molecule has 1 amide bonds. The first-order chi connectivity index (χ1) is 9.20. The van der Waals surface area contributed by atoms with E-state index in [9.17, 15) is 4.79 Å². The molecule has 0 unspecified atom stereocenters. The Kier molecular flexibility index (Phi) is 4.58. The molecule has 0 heterocycles. The summed E-state index contributed by atoms with van der Waals surface area (Å²) >= 11 is 5.98. The summed E-state index contributed by atoms with van der Waals surface area (Å²) in [7, 11) is 0. The summed E-state index contributed by atoms with van der Waals surface area (Å²) < 4.78 is 0. The molecule has 0 spiro atoms. The Morgan fingerprint density at radius 1 is 1.05 bits per heavy atom. The van der Waals surface area contributed by atoms with E-state index in [1.165, 1.54) is 5.56 Å². The molecule has 19 heavy (non-hydrogen) atoms. The fourth-order valence-electron chi connectivity index (χ4n) is 1.82. The molecule has 0 radical (unpaired) electrons. The van der Waals surface area contributed by atoms with Gasteiger partial charge in [0.2, 0.25) is 0 Å².